The monoisotopic (exact) mass is 350 g/mol. The summed E-state index contributed by atoms with van der Waals surface area (Å²) < 4.78 is 6.16. The Labute approximate surface area is 133 Å². The number of aromatic nitrogens is 3. The molecule has 0 spiro atoms. The molecule has 0 aliphatic carbocycles. The summed E-state index contributed by atoms with van der Waals surface area (Å²) in [5, 5.41) is 3.52. The molecular weight excluding hydrogens is 332 g/mol. The highest BCUT2D eigenvalue weighted by Crippen LogP contribution is 2.20. The van der Waals surface area contributed by atoms with Crippen molar-refractivity contribution in [2.45, 2.75) is 25.8 Å². The molecular formula is C15H19BrN4O. The molecule has 0 radical (unpaired) electrons. The van der Waals surface area contributed by atoms with Crippen molar-refractivity contribution in [1.82, 2.24) is 20.3 Å². The van der Waals surface area contributed by atoms with Gasteiger partial charge in [0.15, 0.2) is 0 Å². The van der Waals surface area contributed by atoms with Gasteiger partial charge in [-0.2, -0.15) is 0 Å². The average Bonchev–Trinajstić information content (AvgIpc) is 2.51. The van der Waals surface area contributed by atoms with Crippen LogP contribution in [0.2, 0.25) is 0 Å². The fourth-order valence-electron chi connectivity index (χ4n) is 2.06. The van der Waals surface area contributed by atoms with Crippen molar-refractivity contribution in [2.24, 2.45) is 0 Å². The number of halogens is 1. The maximum atomic E-state index is 5.18. The van der Waals surface area contributed by atoms with Crippen molar-refractivity contribution in [3.8, 4) is 5.88 Å². The molecule has 2 aromatic rings. The summed E-state index contributed by atoms with van der Waals surface area (Å²) in [5.41, 5.74) is 2.07. The Balaban J connectivity index is 2.20. The lowest BCUT2D eigenvalue weighted by atomic mass is 10.0. The van der Waals surface area contributed by atoms with Crippen molar-refractivity contribution in [3.05, 3.63) is 46.6 Å². The van der Waals surface area contributed by atoms with Crippen LogP contribution in [0.3, 0.4) is 0 Å². The van der Waals surface area contributed by atoms with Crippen molar-refractivity contribution < 1.29 is 4.74 Å². The Hall–Kier alpha value is -1.53. The van der Waals surface area contributed by atoms with E-state index in [4.69, 9.17) is 4.74 Å². The third-order valence-electron chi connectivity index (χ3n) is 3.07. The van der Waals surface area contributed by atoms with E-state index < -0.39 is 0 Å². The Morgan fingerprint density at radius 1 is 1.29 bits per heavy atom. The number of rotatable bonds is 7. The molecule has 0 aliphatic heterocycles. The lowest BCUT2D eigenvalue weighted by molar-refractivity contribution is 0.393. The molecule has 0 saturated carbocycles. The minimum Gasteiger partial charge on any atom is -0.481 e. The van der Waals surface area contributed by atoms with E-state index in [1.807, 2.05) is 12.3 Å². The van der Waals surface area contributed by atoms with Gasteiger partial charge >= 0.3 is 0 Å². The predicted octanol–water partition coefficient (Wildman–Crippen LogP) is 2.93. The van der Waals surface area contributed by atoms with Gasteiger partial charge in [-0.05, 0) is 46.9 Å². The van der Waals surface area contributed by atoms with Gasteiger partial charge in [0, 0.05) is 22.9 Å². The summed E-state index contributed by atoms with van der Waals surface area (Å²) in [4.78, 5) is 12.6. The van der Waals surface area contributed by atoms with Crippen LogP contribution in [-0.4, -0.2) is 28.6 Å². The largest absolute Gasteiger partial charge is 0.481 e. The summed E-state index contributed by atoms with van der Waals surface area (Å²) in [6, 6.07) is 4.06. The van der Waals surface area contributed by atoms with Crippen molar-refractivity contribution >= 4 is 15.9 Å². The normalized spacial score (nSPS) is 12.1. The minimum absolute atomic E-state index is 0.109. The van der Waals surface area contributed by atoms with Crippen LogP contribution in [-0.2, 0) is 6.42 Å². The lowest BCUT2D eigenvalue weighted by Crippen LogP contribution is -2.25. The third-order valence-corrected chi connectivity index (χ3v) is 3.51. The second-order valence-corrected chi connectivity index (χ2v) is 5.62. The van der Waals surface area contributed by atoms with Crippen LogP contribution in [0.5, 0.6) is 5.88 Å². The summed E-state index contributed by atoms with van der Waals surface area (Å²) in [6.07, 6.45) is 7.07. The first-order chi connectivity index (χ1) is 10.2. The smallest absolute Gasteiger partial charge is 0.216 e. The highest BCUT2D eigenvalue weighted by Gasteiger charge is 2.14. The standard InChI is InChI=1S/C15H19BrN4O/c1-3-4-18-13(6-11-5-12(16)9-17-8-11)14-7-15(21-2)20-10-19-14/h5,7-10,13,18H,3-4,6H2,1-2H3. The van der Waals surface area contributed by atoms with Crippen LogP contribution in [0.15, 0.2) is 35.3 Å². The average molecular weight is 351 g/mol. The molecule has 21 heavy (non-hydrogen) atoms. The van der Waals surface area contributed by atoms with Crippen molar-refractivity contribution in [2.75, 3.05) is 13.7 Å². The first kappa shape index (κ1) is 15.9. The summed E-state index contributed by atoms with van der Waals surface area (Å²) in [5.74, 6) is 0.579. The lowest BCUT2D eigenvalue weighted by Gasteiger charge is -2.18. The molecule has 0 amide bonds. The van der Waals surface area contributed by atoms with Crippen LogP contribution >= 0.6 is 15.9 Å². The van der Waals surface area contributed by atoms with Crippen molar-refractivity contribution in [3.63, 3.8) is 0 Å². The molecule has 2 rings (SSSR count). The van der Waals surface area contributed by atoms with Crippen LogP contribution in [0.25, 0.3) is 0 Å². The van der Waals surface area contributed by atoms with Gasteiger partial charge in [-0.3, -0.25) is 4.98 Å². The molecule has 1 N–H and O–H groups in total. The van der Waals surface area contributed by atoms with E-state index in [1.54, 1.807) is 13.3 Å². The van der Waals surface area contributed by atoms with E-state index in [-0.39, 0.29) is 6.04 Å². The van der Waals surface area contributed by atoms with E-state index >= 15 is 0 Å². The Bertz CT molecular complexity index is 579. The SMILES string of the molecule is CCCNC(Cc1cncc(Br)c1)c1cc(OC)ncn1. The molecule has 0 bridgehead atoms. The van der Waals surface area contributed by atoms with E-state index in [2.05, 4.69) is 49.2 Å². The zero-order valence-corrected chi connectivity index (χ0v) is 13.8. The number of ether oxygens (including phenoxy) is 1. The highest BCUT2D eigenvalue weighted by molar-refractivity contribution is 9.10. The summed E-state index contributed by atoms with van der Waals surface area (Å²) >= 11 is 3.46. The maximum Gasteiger partial charge on any atom is 0.216 e. The Kier molecular flexibility index (Phi) is 6.07. The van der Waals surface area contributed by atoms with E-state index in [9.17, 15) is 0 Å². The van der Waals surface area contributed by atoms with Gasteiger partial charge in [0.1, 0.15) is 6.33 Å². The Morgan fingerprint density at radius 3 is 2.86 bits per heavy atom. The number of hydrogen-bond donors (Lipinski definition) is 1. The predicted molar refractivity (Wildman–Crippen MR) is 85.3 cm³/mol. The van der Waals surface area contributed by atoms with Gasteiger partial charge < -0.3 is 10.1 Å². The fraction of sp³-hybridized carbons (Fsp3) is 0.400. The van der Waals surface area contributed by atoms with Crippen LogP contribution < -0.4 is 10.1 Å². The van der Waals surface area contributed by atoms with Gasteiger partial charge in [0.2, 0.25) is 5.88 Å². The van der Waals surface area contributed by atoms with Gasteiger partial charge in [-0.1, -0.05) is 6.92 Å². The molecule has 2 aromatic heterocycles. The summed E-state index contributed by atoms with van der Waals surface area (Å²) in [7, 11) is 1.61. The quantitative estimate of drug-likeness (QED) is 0.831. The van der Waals surface area contributed by atoms with Crippen molar-refractivity contribution in [1.29, 1.82) is 0 Å². The zero-order valence-electron chi connectivity index (χ0n) is 12.2. The molecule has 1 unspecified atom stereocenters. The second kappa shape index (κ2) is 8.05. The molecule has 1 atom stereocenters. The van der Waals surface area contributed by atoms with E-state index in [0.717, 1.165) is 35.1 Å². The first-order valence-electron chi connectivity index (χ1n) is 6.91. The number of methoxy groups -OCH3 is 1. The molecule has 6 heteroatoms. The molecule has 0 aliphatic rings. The number of hydrogen-bond acceptors (Lipinski definition) is 5. The van der Waals surface area contributed by atoms with E-state index in [1.165, 1.54) is 6.33 Å². The molecule has 0 saturated heterocycles. The van der Waals surface area contributed by atoms with Gasteiger partial charge in [-0.25, -0.2) is 9.97 Å². The minimum atomic E-state index is 0.109. The van der Waals surface area contributed by atoms with Gasteiger partial charge in [0.05, 0.1) is 18.8 Å². The second-order valence-electron chi connectivity index (χ2n) is 4.71. The Morgan fingerprint density at radius 2 is 2.14 bits per heavy atom. The highest BCUT2D eigenvalue weighted by atomic mass is 79.9. The number of nitrogens with one attached hydrogen (secondary N) is 1. The molecule has 0 aromatic carbocycles. The molecule has 112 valence electrons. The summed E-state index contributed by atoms with van der Waals surface area (Å²) in [6.45, 7) is 3.07. The number of pyridine rings is 1. The topological polar surface area (TPSA) is 59.9 Å². The van der Waals surface area contributed by atoms with Crippen LogP contribution in [0.4, 0.5) is 0 Å². The maximum absolute atomic E-state index is 5.18. The molecule has 2 heterocycles. The fourth-order valence-corrected chi connectivity index (χ4v) is 2.47. The third kappa shape index (κ3) is 4.75. The molecule has 0 fully saturated rings. The van der Waals surface area contributed by atoms with Gasteiger partial charge in [0.25, 0.3) is 0 Å². The van der Waals surface area contributed by atoms with Crippen LogP contribution in [0, 0.1) is 0 Å². The van der Waals surface area contributed by atoms with Crippen LogP contribution in [0.1, 0.15) is 30.6 Å². The zero-order chi connectivity index (χ0) is 15.1. The number of nitrogens with zero attached hydrogens (tertiary/aromatic N) is 3. The first-order valence-corrected chi connectivity index (χ1v) is 7.71. The van der Waals surface area contributed by atoms with E-state index in [0.29, 0.717) is 5.88 Å². The molecule has 5 nitrogen and oxygen atoms in total. The van der Waals surface area contributed by atoms with Gasteiger partial charge in [-0.15, -0.1) is 0 Å².